The number of nitrogens with zero attached hydrogens (tertiary/aromatic N) is 2. The maximum Gasteiger partial charge on any atom is 0.416 e. The fraction of sp³-hybridized carbons (Fsp3) is 0.286. The van der Waals surface area contributed by atoms with Crippen molar-refractivity contribution < 1.29 is 27.6 Å². The van der Waals surface area contributed by atoms with Crippen LogP contribution in [0.25, 0.3) is 10.9 Å². The van der Waals surface area contributed by atoms with Crippen LogP contribution in [-0.2, 0) is 30.5 Å². The summed E-state index contributed by atoms with van der Waals surface area (Å²) in [6.07, 6.45) is -1.85. The molecule has 5 rings (SSSR count). The van der Waals surface area contributed by atoms with E-state index in [1.54, 1.807) is 35.4 Å². The number of thiophene rings is 1. The lowest BCUT2D eigenvalue weighted by atomic mass is 10.1. The average Bonchev–Trinajstić information content (AvgIpc) is 3.60. The first kappa shape index (κ1) is 27.4. The van der Waals surface area contributed by atoms with Crippen molar-refractivity contribution in [2.75, 3.05) is 6.54 Å². The molecule has 40 heavy (non-hydrogen) atoms. The molecule has 3 N–H and O–H groups in total. The molecule has 3 heterocycles. The third kappa shape index (κ3) is 5.86. The fourth-order valence-electron chi connectivity index (χ4n) is 4.64. The highest BCUT2D eigenvalue weighted by Crippen LogP contribution is 2.30. The molecule has 0 radical (unpaired) electrons. The highest BCUT2D eigenvalue weighted by molar-refractivity contribution is 7.14. The van der Waals surface area contributed by atoms with Crippen LogP contribution in [0.15, 0.2) is 54.7 Å². The highest BCUT2D eigenvalue weighted by Gasteiger charge is 2.31. The predicted octanol–water partition coefficient (Wildman–Crippen LogP) is 4.67. The number of carbonyl (C=O) groups excluding carboxylic acids is 3. The van der Waals surface area contributed by atoms with Crippen LogP contribution in [0.2, 0.25) is 0 Å². The molecule has 0 bridgehead atoms. The summed E-state index contributed by atoms with van der Waals surface area (Å²) in [4.78, 5) is 42.0. The van der Waals surface area contributed by atoms with Crippen molar-refractivity contribution in [3.8, 4) is 0 Å². The summed E-state index contributed by atoms with van der Waals surface area (Å²) < 4.78 is 38.9. The minimum atomic E-state index is -4.45. The number of amides is 3. The summed E-state index contributed by atoms with van der Waals surface area (Å²) in [6, 6.07) is 11.0. The Balaban J connectivity index is 1.20. The van der Waals surface area contributed by atoms with Crippen molar-refractivity contribution in [1.29, 1.82) is 0 Å². The van der Waals surface area contributed by atoms with E-state index in [4.69, 9.17) is 0 Å². The first-order chi connectivity index (χ1) is 19.1. The van der Waals surface area contributed by atoms with E-state index in [0.717, 1.165) is 33.5 Å². The molecule has 0 saturated carbocycles. The molecule has 2 aromatic carbocycles. The van der Waals surface area contributed by atoms with Gasteiger partial charge in [0.1, 0.15) is 6.04 Å². The molecule has 12 heteroatoms. The molecule has 208 valence electrons. The maximum atomic E-state index is 13.3. The molecular formula is C28H26F3N5O3S. The van der Waals surface area contributed by atoms with Gasteiger partial charge in [-0.25, -0.2) is 0 Å². The van der Waals surface area contributed by atoms with Crippen LogP contribution in [0.4, 0.5) is 13.2 Å². The van der Waals surface area contributed by atoms with Crippen LogP contribution in [0, 0.1) is 0 Å². The molecular weight excluding hydrogens is 543 g/mol. The van der Waals surface area contributed by atoms with Crippen molar-refractivity contribution in [2.45, 2.75) is 45.1 Å². The number of carbonyl (C=O) groups is 3. The summed E-state index contributed by atoms with van der Waals surface area (Å²) in [5.41, 5.74) is 1.66. The van der Waals surface area contributed by atoms with Crippen LogP contribution in [0.5, 0.6) is 0 Å². The SMILES string of the molecule is CC[C@@H](NC(=O)c1ccc2[nH]ncc2c1)C(=O)N1CCc2sc(C(=O)NCc3cccc(C(F)(F)F)c3)cc2C1. The van der Waals surface area contributed by atoms with Gasteiger partial charge in [-0.1, -0.05) is 19.1 Å². The van der Waals surface area contributed by atoms with Gasteiger partial charge in [0.05, 0.1) is 22.2 Å². The van der Waals surface area contributed by atoms with E-state index < -0.39 is 17.8 Å². The van der Waals surface area contributed by atoms with Crippen molar-refractivity contribution in [2.24, 2.45) is 0 Å². The van der Waals surface area contributed by atoms with E-state index in [0.29, 0.717) is 41.9 Å². The molecule has 1 aliphatic rings. The molecule has 0 spiro atoms. The smallest absolute Gasteiger partial charge is 0.347 e. The van der Waals surface area contributed by atoms with E-state index in [-0.39, 0.29) is 24.3 Å². The fourth-order valence-corrected chi connectivity index (χ4v) is 5.72. The molecule has 4 aromatic rings. The lowest BCUT2D eigenvalue weighted by Crippen LogP contribution is -2.49. The Morgan fingerprint density at radius 1 is 1.12 bits per heavy atom. The van der Waals surface area contributed by atoms with Gasteiger partial charge in [-0.2, -0.15) is 18.3 Å². The number of aromatic nitrogens is 2. The molecule has 0 aliphatic carbocycles. The molecule has 3 amide bonds. The second-order valence-corrected chi connectivity index (χ2v) is 10.7. The topological polar surface area (TPSA) is 107 Å². The Hall–Kier alpha value is -4.19. The summed E-state index contributed by atoms with van der Waals surface area (Å²) >= 11 is 1.32. The monoisotopic (exact) mass is 569 g/mol. The van der Waals surface area contributed by atoms with Crippen LogP contribution < -0.4 is 10.6 Å². The van der Waals surface area contributed by atoms with Gasteiger partial charge in [0.25, 0.3) is 11.8 Å². The van der Waals surface area contributed by atoms with Crippen molar-refractivity contribution in [3.05, 3.63) is 86.7 Å². The number of aromatic amines is 1. The van der Waals surface area contributed by atoms with E-state index in [9.17, 15) is 27.6 Å². The number of hydrogen-bond donors (Lipinski definition) is 3. The lowest BCUT2D eigenvalue weighted by Gasteiger charge is -2.30. The zero-order valence-electron chi connectivity index (χ0n) is 21.5. The summed E-state index contributed by atoms with van der Waals surface area (Å²) in [5.74, 6) is -0.938. The molecule has 0 fully saturated rings. The van der Waals surface area contributed by atoms with Crippen LogP contribution in [0.3, 0.4) is 0 Å². The number of H-pyrrole nitrogens is 1. The van der Waals surface area contributed by atoms with Gasteiger partial charge < -0.3 is 15.5 Å². The number of hydrogen-bond acceptors (Lipinski definition) is 5. The third-order valence-corrected chi connectivity index (χ3v) is 8.06. The van der Waals surface area contributed by atoms with Gasteiger partial charge >= 0.3 is 6.18 Å². The summed E-state index contributed by atoms with van der Waals surface area (Å²) in [7, 11) is 0. The van der Waals surface area contributed by atoms with Crippen molar-refractivity contribution in [3.63, 3.8) is 0 Å². The van der Waals surface area contributed by atoms with E-state index in [1.165, 1.54) is 23.5 Å². The third-order valence-electron chi connectivity index (χ3n) is 6.82. The van der Waals surface area contributed by atoms with Gasteiger partial charge in [0.15, 0.2) is 0 Å². The molecule has 8 nitrogen and oxygen atoms in total. The maximum absolute atomic E-state index is 13.3. The Bertz CT molecular complexity index is 1580. The number of benzene rings is 2. The second kappa shape index (κ2) is 11.1. The van der Waals surface area contributed by atoms with Crippen molar-refractivity contribution >= 4 is 40.0 Å². The number of nitrogens with one attached hydrogen (secondary N) is 3. The lowest BCUT2D eigenvalue weighted by molar-refractivity contribution is -0.137. The quantitative estimate of drug-likeness (QED) is 0.301. The molecule has 1 atom stereocenters. The van der Waals surface area contributed by atoms with E-state index >= 15 is 0 Å². The van der Waals surface area contributed by atoms with Gasteiger partial charge in [-0.3, -0.25) is 19.5 Å². The van der Waals surface area contributed by atoms with Crippen LogP contribution >= 0.6 is 11.3 Å². The first-order valence-electron chi connectivity index (χ1n) is 12.7. The molecule has 1 aliphatic heterocycles. The standard InChI is InChI=1S/C28H26F3N5O3S/c1-2-21(34-25(37)17-6-7-22-18(11-17)14-33-35-22)27(39)36-9-8-23-19(15-36)12-24(40-23)26(38)32-13-16-4-3-5-20(10-16)28(29,30)31/h3-7,10-12,14,21H,2,8-9,13,15H2,1H3,(H,32,38)(H,33,35)(H,34,37)/t21-/m1/s1. The van der Waals surface area contributed by atoms with Gasteiger partial charge in [-0.05, 0) is 60.4 Å². The Morgan fingerprint density at radius 2 is 1.95 bits per heavy atom. The van der Waals surface area contributed by atoms with E-state index in [1.807, 2.05) is 6.92 Å². The zero-order chi connectivity index (χ0) is 28.4. The Morgan fingerprint density at radius 3 is 2.73 bits per heavy atom. The van der Waals surface area contributed by atoms with Crippen LogP contribution in [0.1, 0.15) is 54.9 Å². The predicted molar refractivity (Wildman–Crippen MR) is 144 cm³/mol. The van der Waals surface area contributed by atoms with E-state index in [2.05, 4.69) is 20.8 Å². The number of halogens is 3. The molecule has 2 aromatic heterocycles. The van der Waals surface area contributed by atoms with Gasteiger partial charge in [-0.15, -0.1) is 11.3 Å². The van der Waals surface area contributed by atoms with Crippen LogP contribution in [-0.4, -0.2) is 45.4 Å². The highest BCUT2D eigenvalue weighted by atomic mass is 32.1. The molecule has 0 unspecified atom stereocenters. The normalized spacial score (nSPS) is 14.1. The molecule has 0 saturated heterocycles. The second-order valence-electron chi connectivity index (χ2n) is 9.56. The summed E-state index contributed by atoms with van der Waals surface area (Å²) in [5, 5.41) is 13.1. The number of alkyl halides is 3. The number of fused-ring (bicyclic) bond motifs is 2. The zero-order valence-corrected chi connectivity index (χ0v) is 22.3. The van der Waals surface area contributed by atoms with Gasteiger partial charge in [0, 0.05) is 35.5 Å². The minimum Gasteiger partial charge on any atom is -0.347 e. The summed E-state index contributed by atoms with van der Waals surface area (Å²) in [6.45, 7) is 2.54. The Labute approximate surface area is 231 Å². The minimum absolute atomic E-state index is 0.0403. The number of rotatable bonds is 7. The largest absolute Gasteiger partial charge is 0.416 e. The Kier molecular flexibility index (Phi) is 7.61. The van der Waals surface area contributed by atoms with Gasteiger partial charge in [0.2, 0.25) is 5.91 Å². The average molecular weight is 570 g/mol. The first-order valence-corrected chi connectivity index (χ1v) is 13.5. The van der Waals surface area contributed by atoms with Crippen molar-refractivity contribution in [1.82, 2.24) is 25.7 Å².